The van der Waals surface area contributed by atoms with Crippen LogP contribution in [0.1, 0.15) is 59.6 Å². The lowest BCUT2D eigenvalue weighted by atomic mass is 9.89. The van der Waals surface area contributed by atoms with E-state index in [-0.39, 0.29) is 11.8 Å². The van der Waals surface area contributed by atoms with Crippen molar-refractivity contribution in [1.29, 1.82) is 0 Å². The van der Waals surface area contributed by atoms with Gasteiger partial charge in [-0.2, -0.15) is 0 Å². The number of carbonyl (C=O) groups is 2. The highest BCUT2D eigenvalue weighted by molar-refractivity contribution is 6.13. The number of benzene rings is 1. The van der Waals surface area contributed by atoms with Crippen molar-refractivity contribution in [2.45, 2.75) is 65.2 Å². The Labute approximate surface area is 149 Å². The highest BCUT2D eigenvalue weighted by atomic mass is 17.2. The Hall–Kier alpha value is -1.98. The monoisotopic (exact) mass is 345 g/mol. The van der Waals surface area contributed by atoms with E-state index in [2.05, 4.69) is 0 Å². The zero-order chi connectivity index (χ0) is 19.0. The molecule has 5 nitrogen and oxygen atoms in total. The fourth-order valence-electron chi connectivity index (χ4n) is 2.64. The number of carbonyl (C=O) groups excluding carboxylic acids is 2. The Morgan fingerprint density at radius 2 is 1.16 bits per heavy atom. The van der Waals surface area contributed by atoms with Crippen molar-refractivity contribution >= 4 is 11.8 Å². The molecule has 0 aliphatic carbocycles. The van der Waals surface area contributed by atoms with E-state index < -0.39 is 16.7 Å². The largest absolute Gasteiger partial charge is 0.269 e. The highest BCUT2D eigenvalue weighted by Crippen LogP contribution is 2.33. The van der Waals surface area contributed by atoms with Crippen LogP contribution in [-0.2, 0) is 30.5 Å². The van der Waals surface area contributed by atoms with Gasteiger partial charge in [0.25, 0.3) is 11.8 Å². The van der Waals surface area contributed by atoms with Crippen LogP contribution >= 0.6 is 0 Å². The minimum Gasteiger partial charge on any atom is -0.269 e. The third kappa shape index (κ3) is 4.17. The van der Waals surface area contributed by atoms with Gasteiger partial charge in [0.1, 0.15) is 5.60 Å². The Morgan fingerprint density at radius 3 is 1.60 bits per heavy atom. The molecule has 0 N–H and O–H groups in total. The molecule has 0 bridgehead atoms. The normalized spacial score (nSPS) is 16.0. The van der Waals surface area contributed by atoms with Crippen LogP contribution < -0.4 is 0 Å². The Morgan fingerprint density at radius 1 is 0.720 bits per heavy atom. The van der Waals surface area contributed by atoms with E-state index in [1.807, 2.05) is 72.7 Å². The number of nitrogens with zero attached hydrogens (tertiary/aromatic N) is 1. The van der Waals surface area contributed by atoms with Gasteiger partial charge in [0.15, 0.2) is 0 Å². The Balaban J connectivity index is 2.21. The van der Waals surface area contributed by atoms with Crippen molar-refractivity contribution in [3.8, 4) is 0 Å². The summed E-state index contributed by atoms with van der Waals surface area (Å²) in [6.07, 6.45) is 2.61. The molecule has 0 saturated carbocycles. The molecule has 0 radical (unpaired) electrons. The van der Waals surface area contributed by atoms with Crippen molar-refractivity contribution in [3.05, 3.63) is 47.5 Å². The number of hydrogen-bond acceptors (Lipinski definition) is 4. The molecule has 1 aromatic carbocycles. The van der Waals surface area contributed by atoms with Gasteiger partial charge in [0.05, 0.1) is 11.1 Å². The van der Waals surface area contributed by atoms with Crippen LogP contribution in [0.5, 0.6) is 0 Å². The van der Waals surface area contributed by atoms with Gasteiger partial charge in [-0.15, -0.1) is 0 Å². The molecule has 1 aliphatic rings. The molecule has 0 unspecified atom stereocenters. The van der Waals surface area contributed by atoms with Gasteiger partial charge in [-0.25, -0.2) is 9.78 Å². The molecule has 136 valence electrons. The molecule has 0 aromatic heterocycles. The van der Waals surface area contributed by atoms with E-state index >= 15 is 0 Å². The van der Waals surface area contributed by atoms with Gasteiger partial charge in [0.2, 0.25) is 0 Å². The highest BCUT2D eigenvalue weighted by Gasteiger charge is 2.38. The molecular formula is C20H27NO4. The molecule has 0 saturated heterocycles. The standard InChI is InChI=1S/C20H27NO4/c1-18(2,3)24-25-20(6,7)15-10-8-14(9-11-15)19(4,5)21-16(22)12-13-17(21)23/h8-13H,1-7H3. The van der Waals surface area contributed by atoms with Crippen LogP contribution in [0, 0.1) is 0 Å². The van der Waals surface area contributed by atoms with Crippen LogP contribution in [0.4, 0.5) is 0 Å². The topological polar surface area (TPSA) is 55.8 Å². The van der Waals surface area contributed by atoms with Crippen molar-refractivity contribution in [1.82, 2.24) is 4.90 Å². The molecule has 1 heterocycles. The van der Waals surface area contributed by atoms with Crippen molar-refractivity contribution in [2.24, 2.45) is 0 Å². The first kappa shape index (κ1) is 19.3. The maximum atomic E-state index is 12.0. The first-order valence-corrected chi connectivity index (χ1v) is 8.39. The third-order valence-corrected chi connectivity index (χ3v) is 4.15. The molecule has 25 heavy (non-hydrogen) atoms. The molecule has 2 amide bonds. The number of amides is 2. The molecule has 2 rings (SSSR count). The molecule has 5 heteroatoms. The Kier molecular flexibility index (Phi) is 4.94. The predicted molar refractivity (Wildman–Crippen MR) is 95.4 cm³/mol. The van der Waals surface area contributed by atoms with Crippen LogP contribution in [-0.4, -0.2) is 22.3 Å². The summed E-state index contributed by atoms with van der Waals surface area (Å²) in [4.78, 5) is 36.3. The molecule has 0 spiro atoms. The number of imide groups is 1. The van der Waals surface area contributed by atoms with E-state index in [4.69, 9.17) is 9.78 Å². The minimum absolute atomic E-state index is 0.290. The lowest BCUT2D eigenvalue weighted by Gasteiger charge is -2.35. The third-order valence-electron chi connectivity index (χ3n) is 4.15. The summed E-state index contributed by atoms with van der Waals surface area (Å²) in [5, 5.41) is 0. The maximum absolute atomic E-state index is 12.0. The zero-order valence-electron chi connectivity index (χ0n) is 16.0. The van der Waals surface area contributed by atoms with Crippen molar-refractivity contribution in [2.75, 3.05) is 0 Å². The number of rotatable bonds is 5. The van der Waals surface area contributed by atoms with Gasteiger partial charge in [-0.1, -0.05) is 24.3 Å². The van der Waals surface area contributed by atoms with Gasteiger partial charge in [-0.3, -0.25) is 14.5 Å². The first-order valence-electron chi connectivity index (χ1n) is 8.39. The van der Waals surface area contributed by atoms with E-state index in [0.29, 0.717) is 0 Å². The summed E-state index contributed by atoms with van der Waals surface area (Å²) in [6, 6.07) is 7.69. The van der Waals surface area contributed by atoms with Crippen molar-refractivity contribution < 1.29 is 19.4 Å². The van der Waals surface area contributed by atoms with Gasteiger partial charge in [-0.05, 0) is 59.6 Å². The van der Waals surface area contributed by atoms with E-state index in [0.717, 1.165) is 11.1 Å². The van der Waals surface area contributed by atoms with Crippen LogP contribution in [0.15, 0.2) is 36.4 Å². The van der Waals surface area contributed by atoms with Gasteiger partial charge >= 0.3 is 0 Å². The van der Waals surface area contributed by atoms with Crippen LogP contribution in [0.2, 0.25) is 0 Å². The smallest absolute Gasteiger partial charge is 0.254 e. The Bertz CT molecular complexity index is 675. The van der Waals surface area contributed by atoms with Crippen LogP contribution in [0.3, 0.4) is 0 Å². The zero-order valence-corrected chi connectivity index (χ0v) is 16.0. The minimum atomic E-state index is -0.733. The second-order valence-electron chi connectivity index (χ2n) is 8.27. The molecule has 1 aromatic rings. The summed E-state index contributed by atoms with van der Waals surface area (Å²) in [7, 11) is 0. The fraction of sp³-hybridized carbons (Fsp3) is 0.500. The van der Waals surface area contributed by atoms with Gasteiger partial charge in [0, 0.05) is 12.2 Å². The second-order valence-corrected chi connectivity index (χ2v) is 8.27. The number of hydrogen-bond donors (Lipinski definition) is 0. The molecular weight excluding hydrogens is 318 g/mol. The maximum Gasteiger partial charge on any atom is 0.254 e. The average molecular weight is 345 g/mol. The summed E-state index contributed by atoms with van der Waals surface area (Å²) in [5.41, 5.74) is 0.0467. The summed E-state index contributed by atoms with van der Waals surface area (Å²) >= 11 is 0. The second kappa shape index (κ2) is 6.39. The van der Waals surface area contributed by atoms with Gasteiger partial charge < -0.3 is 0 Å². The SMILES string of the molecule is CC(C)(C)OOC(C)(C)c1ccc(C(C)(C)N2C(=O)C=CC2=O)cc1. The summed E-state index contributed by atoms with van der Waals surface area (Å²) in [6.45, 7) is 13.3. The lowest BCUT2D eigenvalue weighted by molar-refractivity contribution is -0.401. The summed E-state index contributed by atoms with van der Waals surface area (Å²) < 4.78 is 0. The fourth-order valence-corrected chi connectivity index (χ4v) is 2.64. The van der Waals surface area contributed by atoms with E-state index in [9.17, 15) is 9.59 Å². The lowest BCUT2D eigenvalue weighted by Crippen LogP contribution is -2.45. The molecule has 0 atom stereocenters. The van der Waals surface area contributed by atoms with E-state index in [1.165, 1.54) is 17.1 Å². The first-order chi connectivity index (χ1) is 11.3. The average Bonchev–Trinajstić information content (AvgIpc) is 2.84. The quantitative estimate of drug-likeness (QED) is 0.462. The van der Waals surface area contributed by atoms with Crippen LogP contribution in [0.25, 0.3) is 0 Å². The van der Waals surface area contributed by atoms with Crippen molar-refractivity contribution in [3.63, 3.8) is 0 Å². The summed E-state index contributed by atoms with van der Waals surface area (Å²) in [5.74, 6) is -0.581. The molecule has 0 fully saturated rings. The molecule has 1 aliphatic heterocycles. The predicted octanol–water partition coefficient (Wildman–Crippen LogP) is 3.83. The van der Waals surface area contributed by atoms with E-state index in [1.54, 1.807) is 0 Å².